The van der Waals surface area contributed by atoms with E-state index in [9.17, 15) is 0 Å². The van der Waals surface area contributed by atoms with Crippen molar-refractivity contribution >= 4 is 5.82 Å². The molecule has 0 saturated heterocycles. The zero-order valence-corrected chi connectivity index (χ0v) is 12.5. The summed E-state index contributed by atoms with van der Waals surface area (Å²) >= 11 is 0. The van der Waals surface area contributed by atoms with Gasteiger partial charge >= 0.3 is 0 Å². The van der Waals surface area contributed by atoms with Gasteiger partial charge in [0.25, 0.3) is 0 Å². The molecule has 2 N–H and O–H groups in total. The minimum absolute atomic E-state index is 0.167. The lowest BCUT2D eigenvalue weighted by Gasteiger charge is -2.17. The average molecular weight is 271 g/mol. The fourth-order valence-electron chi connectivity index (χ4n) is 1.74. The fourth-order valence-corrected chi connectivity index (χ4v) is 1.74. The molecule has 0 spiro atoms. The number of aryl methyl sites for hydroxylation is 1. The van der Waals surface area contributed by atoms with Crippen LogP contribution in [0.1, 0.15) is 39.1 Å². The Bertz CT molecular complexity index is 586. The quantitative estimate of drug-likeness (QED) is 0.924. The molecule has 1 aromatic heterocycles. The minimum Gasteiger partial charge on any atom is -0.439 e. The van der Waals surface area contributed by atoms with E-state index in [4.69, 9.17) is 10.5 Å². The highest BCUT2D eigenvalue weighted by atomic mass is 16.5. The molecule has 1 aromatic carbocycles. The van der Waals surface area contributed by atoms with Gasteiger partial charge in [0.15, 0.2) is 0 Å². The van der Waals surface area contributed by atoms with Crippen LogP contribution in [0.2, 0.25) is 0 Å². The van der Waals surface area contributed by atoms with Crippen LogP contribution in [0.15, 0.2) is 30.3 Å². The number of ether oxygens (including phenoxy) is 1. The minimum atomic E-state index is -0.167. The Hall–Kier alpha value is -2.10. The molecule has 2 aromatic rings. The monoisotopic (exact) mass is 271 g/mol. The maximum absolute atomic E-state index is 5.82. The summed E-state index contributed by atoms with van der Waals surface area (Å²) in [6.07, 6.45) is 1.01. The number of nitrogens with two attached hydrogens (primary N) is 1. The number of hydrogen-bond donors (Lipinski definition) is 1. The van der Waals surface area contributed by atoms with Gasteiger partial charge in [-0.05, 0) is 24.1 Å². The Labute approximate surface area is 120 Å². The van der Waals surface area contributed by atoms with Crippen LogP contribution in [-0.2, 0) is 11.8 Å². The molecule has 0 aliphatic carbocycles. The van der Waals surface area contributed by atoms with Crippen LogP contribution in [0, 0.1) is 0 Å². The highest BCUT2D eigenvalue weighted by molar-refractivity contribution is 5.37. The smallest absolute Gasteiger partial charge is 0.224 e. The molecule has 0 aliphatic rings. The summed E-state index contributed by atoms with van der Waals surface area (Å²) in [4.78, 5) is 8.69. The number of rotatable bonds is 3. The highest BCUT2D eigenvalue weighted by Gasteiger charge is 2.19. The van der Waals surface area contributed by atoms with E-state index in [1.807, 2.05) is 45.0 Å². The van der Waals surface area contributed by atoms with Crippen molar-refractivity contribution in [2.45, 2.75) is 39.5 Å². The molecule has 0 saturated carbocycles. The molecule has 20 heavy (non-hydrogen) atoms. The second-order valence-electron chi connectivity index (χ2n) is 5.80. The van der Waals surface area contributed by atoms with E-state index < -0.39 is 0 Å². The van der Waals surface area contributed by atoms with Crippen molar-refractivity contribution in [1.82, 2.24) is 9.97 Å². The van der Waals surface area contributed by atoms with Crippen LogP contribution in [-0.4, -0.2) is 9.97 Å². The number of anilines is 1. The van der Waals surface area contributed by atoms with E-state index in [-0.39, 0.29) is 5.41 Å². The number of nitrogens with zero attached hydrogens (tertiary/aromatic N) is 2. The highest BCUT2D eigenvalue weighted by Crippen LogP contribution is 2.25. The maximum atomic E-state index is 5.82. The van der Waals surface area contributed by atoms with Gasteiger partial charge in [-0.3, -0.25) is 0 Å². The van der Waals surface area contributed by atoms with E-state index >= 15 is 0 Å². The summed E-state index contributed by atoms with van der Waals surface area (Å²) in [5, 5.41) is 0. The summed E-state index contributed by atoms with van der Waals surface area (Å²) in [5.74, 6) is 2.33. The number of hydrogen-bond acceptors (Lipinski definition) is 4. The first-order valence-corrected chi connectivity index (χ1v) is 6.80. The summed E-state index contributed by atoms with van der Waals surface area (Å²) in [6, 6.07) is 9.61. The molecule has 0 fully saturated rings. The lowest BCUT2D eigenvalue weighted by atomic mass is 9.96. The van der Waals surface area contributed by atoms with Crippen LogP contribution >= 0.6 is 0 Å². The Balaban J connectivity index is 2.26. The molecule has 106 valence electrons. The molecule has 1 heterocycles. The fraction of sp³-hybridized carbons (Fsp3) is 0.375. The first kappa shape index (κ1) is 14.3. The second kappa shape index (κ2) is 5.49. The van der Waals surface area contributed by atoms with Crippen molar-refractivity contribution in [3.8, 4) is 11.6 Å². The molecule has 0 unspecified atom stereocenters. The van der Waals surface area contributed by atoms with Gasteiger partial charge < -0.3 is 10.5 Å². The predicted molar refractivity (Wildman–Crippen MR) is 81.0 cm³/mol. The topological polar surface area (TPSA) is 61.0 Å². The third-order valence-electron chi connectivity index (χ3n) is 2.95. The molecule has 0 atom stereocenters. The first-order chi connectivity index (χ1) is 9.38. The summed E-state index contributed by atoms with van der Waals surface area (Å²) in [5.41, 5.74) is 6.93. The van der Waals surface area contributed by atoms with Crippen LogP contribution in [0.3, 0.4) is 0 Å². The zero-order chi connectivity index (χ0) is 14.8. The normalized spacial score (nSPS) is 11.4. The molecule has 0 aliphatic heterocycles. The average Bonchev–Trinajstić information content (AvgIpc) is 2.38. The molecular weight excluding hydrogens is 250 g/mol. The van der Waals surface area contributed by atoms with Crippen molar-refractivity contribution in [2.24, 2.45) is 0 Å². The molecule has 0 amide bonds. The van der Waals surface area contributed by atoms with Gasteiger partial charge in [0.2, 0.25) is 5.88 Å². The van der Waals surface area contributed by atoms with Gasteiger partial charge in [0.05, 0.1) is 0 Å². The molecular formula is C16H21N3O. The van der Waals surface area contributed by atoms with Crippen LogP contribution in [0.4, 0.5) is 5.82 Å². The van der Waals surface area contributed by atoms with Crippen LogP contribution in [0.25, 0.3) is 0 Å². The van der Waals surface area contributed by atoms with Gasteiger partial charge in [-0.25, -0.2) is 4.98 Å². The molecule has 4 heteroatoms. The second-order valence-corrected chi connectivity index (χ2v) is 5.80. The van der Waals surface area contributed by atoms with Gasteiger partial charge in [0, 0.05) is 11.5 Å². The van der Waals surface area contributed by atoms with Crippen molar-refractivity contribution in [2.75, 3.05) is 5.73 Å². The Morgan fingerprint density at radius 3 is 2.30 bits per heavy atom. The Kier molecular flexibility index (Phi) is 3.93. The first-order valence-electron chi connectivity index (χ1n) is 6.80. The number of aromatic nitrogens is 2. The van der Waals surface area contributed by atoms with Crippen molar-refractivity contribution in [3.63, 3.8) is 0 Å². The maximum Gasteiger partial charge on any atom is 0.224 e. The SMILES string of the molecule is CCc1ccc(Oc2cc(N)nc(C(C)(C)C)n2)cc1. The molecule has 4 nitrogen and oxygen atoms in total. The standard InChI is InChI=1S/C16H21N3O/c1-5-11-6-8-12(9-7-11)20-14-10-13(17)18-15(19-14)16(2,3)4/h6-10H,5H2,1-4H3,(H2,17,18,19). The molecule has 0 radical (unpaired) electrons. The Morgan fingerprint density at radius 1 is 1.10 bits per heavy atom. The van der Waals surface area contributed by atoms with Crippen LogP contribution < -0.4 is 10.5 Å². The van der Waals surface area contributed by atoms with E-state index in [0.29, 0.717) is 17.5 Å². The number of nitrogen functional groups attached to an aromatic ring is 1. The molecule has 0 bridgehead atoms. The Morgan fingerprint density at radius 2 is 1.75 bits per heavy atom. The van der Waals surface area contributed by atoms with Crippen molar-refractivity contribution in [1.29, 1.82) is 0 Å². The number of benzene rings is 1. The van der Waals surface area contributed by atoms with E-state index in [2.05, 4.69) is 16.9 Å². The third-order valence-corrected chi connectivity index (χ3v) is 2.95. The summed E-state index contributed by atoms with van der Waals surface area (Å²) < 4.78 is 5.76. The van der Waals surface area contributed by atoms with Gasteiger partial charge in [-0.2, -0.15) is 4.98 Å². The van der Waals surface area contributed by atoms with E-state index in [1.54, 1.807) is 6.07 Å². The largest absolute Gasteiger partial charge is 0.439 e. The zero-order valence-electron chi connectivity index (χ0n) is 12.5. The van der Waals surface area contributed by atoms with E-state index in [0.717, 1.165) is 12.2 Å². The summed E-state index contributed by atoms with van der Waals surface area (Å²) in [7, 11) is 0. The van der Waals surface area contributed by atoms with Gasteiger partial charge in [-0.1, -0.05) is 39.8 Å². The summed E-state index contributed by atoms with van der Waals surface area (Å²) in [6.45, 7) is 8.25. The van der Waals surface area contributed by atoms with Crippen LogP contribution in [0.5, 0.6) is 11.6 Å². The molecule has 2 rings (SSSR count). The lowest BCUT2D eigenvalue weighted by molar-refractivity contribution is 0.446. The van der Waals surface area contributed by atoms with Gasteiger partial charge in [0.1, 0.15) is 17.4 Å². The van der Waals surface area contributed by atoms with Crippen molar-refractivity contribution < 1.29 is 4.74 Å². The third kappa shape index (κ3) is 3.47. The van der Waals surface area contributed by atoms with Gasteiger partial charge in [-0.15, -0.1) is 0 Å². The van der Waals surface area contributed by atoms with Crippen molar-refractivity contribution in [3.05, 3.63) is 41.7 Å². The van der Waals surface area contributed by atoms with E-state index in [1.165, 1.54) is 5.56 Å². The predicted octanol–water partition coefficient (Wildman–Crippen LogP) is 3.71. The lowest BCUT2D eigenvalue weighted by Crippen LogP contribution is -2.17.